The smallest absolute Gasteiger partial charge is 0.224 e. The molecule has 0 unspecified atom stereocenters. The number of ether oxygens (including phenoxy) is 1. The highest BCUT2D eigenvalue weighted by atomic mass is 79.9. The molecular weight excluding hydrogens is 378 g/mol. The summed E-state index contributed by atoms with van der Waals surface area (Å²) in [5, 5.41) is 3.15. The zero-order chi connectivity index (χ0) is 13.7. The Bertz CT molecular complexity index is 451. The molecule has 5 nitrogen and oxygen atoms in total. The van der Waals surface area contributed by atoms with Gasteiger partial charge in [0, 0.05) is 36.7 Å². The highest BCUT2D eigenvalue weighted by Crippen LogP contribution is 2.23. The van der Waals surface area contributed by atoms with E-state index in [1.165, 1.54) is 0 Å². The molecule has 1 aliphatic heterocycles. The van der Waals surface area contributed by atoms with Crippen LogP contribution < -0.4 is 5.32 Å². The van der Waals surface area contributed by atoms with E-state index in [0.29, 0.717) is 39.3 Å². The number of pyridine rings is 1. The molecule has 1 amide bonds. The third-order valence-corrected chi connectivity index (χ3v) is 3.84. The van der Waals surface area contributed by atoms with Crippen LogP contribution in [0.1, 0.15) is 6.42 Å². The molecule has 1 N–H and O–H groups in total. The third kappa shape index (κ3) is 4.43. The number of nitrogens with one attached hydrogen (secondary N) is 1. The molecule has 0 radical (unpaired) electrons. The molecule has 7 heteroatoms. The van der Waals surface area contributed by atoms with E-state index < -0.39 is 0 Å². The van der Waals surface area contributed by atoms with Crippen molar-refractivity contribution in [3.63, 3.8) is 0 Å². The van der Waals surface area contributed by atoms with Gasteiger partial charge in [0.25, 0.3) is 0 Å². The molecule has 0 aliphatic carbocycles. The van der Waals surface area contributed by atoms with Crippen LogP contribution in [0.2, 0.25) is 0 Å². The molecule has 0 atom stereocenters. The Morgan fingerprint density at radius 2 is 2.16 bits per heavy atom. The number of amides is 1. The fourth-order valence-corrected chi connectivity index (χ4v) is 2.93. The Morgan fingerprint density at radius 3 is 2.84 bits per heavy atom. The standard InChI is InChI=1S/C12H15Br2N3O2/c13-9-7-10(14)12(16-8-9)15-2-1-11(18)17-3-5-19-6-4-17/h7-8H,1-6H2,(H,15,16). The molecule has 19 heavy (non-hydrogen) atoms. The summed E-state index contributed by atoms with van der Waals surface area (Å²) in [5.41, 5.74) is 0. The molecule has 1 fully saturated rings. The zero-order valence-electron chi connectivity index (χ0n) is 10.4. The maximum atomic E-state index is 11.9. The molecule has 1 aromatic rings. The van der Waals surface area contributed by atoms with E-state index in [1.54, 1.807) is 6.20 Å². The van der Waals surface area contributed by atoms with E-state index in [1.807, 2.05) is 11.0 Å². The first-order chi connectivity index (χ1) is 9.16. The van der Waals surface area contributed by atoms with Gasteiger partial charge < -0.3 is 15.0 Å². The fourth-order valence-electron chi connectivity index (χ4n) is 1.80. The molecule has 0 saturated carbocycles. The fraction of sp³-hybridized carbons (Fsp3) is 0.500. The van der Waals surface area contributed by atoms with E-state index in [0.717, 1.165) is 14.8 Å². The van der Waals surface area contributed by atoms with Crippen LogP contribution in [0.5, 0.6) is 0 Å². The minimum atomic E-state index is 0.157. The number of nitrogens with zero attached hydrogens (tertiary/aromatic N) is 2. The topological polar surface area (TPSA) is 54.5 Å². The van der Waals surface area contributed by atoms with Gasteiger partial charge in [0.05, 0.1) is 17.7 Å². The molecule has 0 aromatic carbocycles. The number of carbonyl (C=O) groups is 1. The number of hydrogen-bond acceptors (Lipinski definition) is 4. The van der Waals surface area contributed by atoms with Crippen LogP contribution in [0.3, 0.4) is 0 Å². The normalized spacial score (nSPS) is 15.4. The summed E-state index contributed by atoms with van der Waals surface area (Å²) in [6.45, 7) is 3.24. The van der Waals surface area contributed by atoms with Crippen molar-refractivity contribution in [2.24, 2.45) is 0 Å². The van der Waals surface area contributed by atoms with Crippen LogP contribution in [0.4, 0.5) is 5.82 Å². The lowest BCUT2D eigenvalue weighted by molar-refractivity contribution is -0.134. The molecule has 0 spiro atoms. The largest absolute Gasteiger partial charge is 0.378 e. The number of aromatic nitrogens is 1. The molecular formula is C12H15Br2N3O2. The van der Waals surface area contributed by atoms with Crippen LogP contribution in [0.25, 0.3) is 0 Å². The van der Waals surface area contributed by atoms with Crippen LogP contribution in [-0.4, -0.2) is 48.6 Å². The van der Waals surface area contributed by atoms with Crippen LogP contribution in [0.15, 0.2) is 21.2 Å². The van der Waals surface area contributed by atoms with Crippen molar-refractivity contribution in [1.29, 1.82) is 0 Å². The Balaban J connectivity index is 1.78. The minimum Gasteiger partial charge on any atom is -0.378 e. The molecule has 1 aromatic heterocycles. The molecule has 2 heterocycles. The average molecular weight is 393 g/mol. The Kier molecular flexibility index (Phi) is 5.59. The molecule has 2 rings (SSSR count). The van der Waals surface area contributed by atoms with Gasteiger partial charge in [-0.25, -0.2) is 4.98 Å². The van der Waals surface area contributed by atoms with Crippen molar-refractivity contribution in [2.75, 3.05) is 38.2 Å². The lowest BCUT2D eigenvalue weighted by Crippen LogP contribution is -2.41. The predicted octanol–water partition coefficient (Wildman–Crippen LogP) is 2.27. The van der Waals surface area contributed by atoms with Gasteiger partial charge in [-0.15, -0.1) is 0 Å². The van der Waals surface area contributed by atoms with Gasteiger partial charge in [-0.3, -0.25) is 4.79 Å². The summed E-state index contributed by atoms with van der Waals surface area (Å²) in [7, 11) is 0. The summed E-state index contributed by atoms with van der Waals surface area (Å²) < 4.78 is 7.01. The second-order valence-electron chi connectivity index (χ2n) is 4.15. The first-order valence-corrected chi connectivity index (χ1v) is 7.66. The SMILES string of the molecule is O=C(CCNc1ncc(Br)cc1Br)N1CCOCC1. The average Bonchev–Trinajstić information content (AvgIpc) is 2.42. The second-order valence-corrected chi connectivity index (χ2v) is 5.92. The van der Waals surface area contributed by atoms with Gasteiger partial charge in [-0.05, 0) is 37.9 Å². The Labute approximate surface area is 129 Å². The van der Waals surface area contributed by atoms with Crippen molar-refractivity contribution in [1.82, 2.24) is 9.88 Å². The highest BCUT2D eigenvalue weighted by Gasteiger charge is 2.16. The van der Waals surface area contributed by atoms with Crippen molar-refractivity contribution in [2.45, 2.75) is 6.42 Å². The van der Waals surface area contributed by atoms with Gasteiger partial charge in [-0.2, -0.15) is 0 Å². The highest BCUT2D eigenvalue weighted by molar-refractivity contribution is 9.11. The van der Waals surface area contributed by atoms with E-state index >= 15 is 0 Å². The molecule has 1 aliphatic rings. The molecule has 0 bridgehead atoms. The second kappa shape index (κ2) is 7.21. The number of morpholine rings is 1. The van der Waals surface area contributed by atoms with Crippen LogP contribution in [-0.2, 0) is 9.53 Å². The van der Waals surface area contributed by atoms with Crippen molar-refractivity contribution in [3.05, 3.63) is 21.2 Å². The summed E-state index contributed by atoms with van der Waals surface area (Å²) in [6, 6.07) is 1.92. The van der Waals surface area contributed by atoms with Crippen molar-refractivity contribution < 1.29 is 9.53 Å². The lowest BCUT2D eigenvalue weighted by atomic mass is 10.3. The van der Waals surface area contributed by atoms with Crippen molar-refractivity contribution in [3.8, 4) is 0 Å². The van der Waals surface area contributed by atoms with Gasteiger partial charge in [0.1, 0.15) is 5.82 Å². The molecule has 1 saturated heterocycles. The maximum absolute atomic E-state index is 11.9. The Morgan fingerprint density at radius 1 is 1.42 bits per heavy atom. The van der Waals surface area contributed by atoms with Crippen molar-refractivity contribution >= 4 is 43.6 Å². The number of rotatable bonds is 4. The summed E-state index contributed by atoms with van der Waals surface area (Å²) in [6.07, 6.45) is 2.18. The number of anilines is 1. The van der Waals surface area contributed by atoms with E-state index in [4.69, 9.17) is 4.74 Å². The predicted molar refractivity (Wildman–Crippen MR) is 80.1 cm³/mol. The molecule has 104 valence electrons. The summed E-state index contributed by atoms with van der Waals surface area (Å²) >= 11 is 6.77. The van der Waals surface area contributed by atoms with E-state index in [2.05, 4.69) is 42.2 Å². The number of carbonyl (C=O) groups excluding carboxylic acids is 1. The summed E-state index contributed by atoms with van der Waals surface area (Å²) in [4.78, 5) is 18.0. The van der Waals surface area contributed by atoms with Crippen LogP contribution >= 0.6 is 31.9 Å². The third-order valence-electron chi connectivity index (χ3n) is 2.80. The monoisotopic (exact) mass is 391 g/mol. The van der Waals surface area contributed by atoms with Gasteiger partial charge in [0.2, 0.25) is 5.91 Å². The first kappa shape index (κ1) is 14.7. The Hall–Kier alpha value is -0.660. The van der Waals surface area contributed by atoms with Gasteiger partial charge >= 0.3 is 0 Å². The quantitative estimate of drug-likeness (QED) is 0.853. The van der Waals surface area contributed by atoms with Gasteiger partial charge in [0.15, 0.2) is 0 Å². The first-order valence-electron chi connectivity index (χ1n) is 6.07. The summed E-state index contributed by atoms with van der Waals surface area (Å²) in [5.74, 6) is 0.905. The number of halogens is 2. The maximum Gasteiger partial charge on any atom is 0.224 e. The van der Waals surface area contributed by atoms with E-state index in [9.17, 15) is 4.79 Å². The van der Waals surface area contributed by atoms with Crippen LogP contribution in [0, 0.1) is 0 Å². The van der Waals surface area contributed by atoms with E-state index in [-0.39, 0.29) is 5.91 Å². The zero-order valence-corrected chi connectivity index (χ0v) is 13.5. The minimum absolute atomic E-state index is 0.157. The lowest BCUT2D eigenvalue weighted by Gasteiger charge is -2.26. The van der Waals surface area contributed by atoms with Gasteiger partial charge in [-0.1, -0.05) is 0 Å². The number of hydrogen-bond donors (Lipinski definition) is 1.